The van der Waals surface area contributed by atoms with Gasteiger partial charge in [-0.1, -0.05) is 0 Å². The maximum atomic E-state index is 12.1. The molecule has 6 nitrogen and oxygen atoms in total. The second-order valence-electron chi connectivity index (χ2n) is 5.31. The van der Waals surface area contributed by atoms with Crippen molar-refractivity contribution in [3.63, 3.8) is 0 Å². The molecule has 0 aromatic heterocycles. The van der Waals surface area contributed by atoms with E-state index in [0.717, 1.165) is 25.9 Å². The summed E-state index contributed by atoms with van der Waals surface area (Å²) in [5.41, 5.74) is 0. The van der Waals surface area contributed by atoms with Crippen molar-refractivity contribution >= 4 is 12.0 Å². The van der Waals surface area contributed by atoms with Crippen LogP contribution in [0.2, 0.25) is 0 Å². The summed E-state index contributed by atoms with van der Waals surface area (Å²) in [5.74, 6) is -0.867. The zero-order valence-corrected chi connectivity index (χ0v) is 11.5. The summed E-state index contributed by atoms with van der Waals surface area (Å²) in [6.45, 7) is 4.90. The van der Waals surface area contributed by atoms with Crippen molar-refractivity contribution in [3.8, 4) is 0 Å². The Morgan fingerprint density at radius 2 is 2.16 bits per heavy atom. The molecular formula is C13H23N3O3. The SMILES string of the molecule is CCN(CCC(=O)O)C(=O)NC1CCN2CCCC12. The molecule has 108 valence electrons. The van der Waals surface area contributed by atoms with E-state index in [1.54, 1.807) is 4.90 Å². The summed E-state index contributed by atoms with van der Waals surface area (Å²) in [6.07, 6.45) is 3.38. The van der Waals surface area contributed by atoms with Crippen LogP contribution in [0.3, 0.4) is 0 Å². The number of hydrogen-bond donors (Lipinski definition) is 2. The van der Waals surface area contributed by atoms with Crippen molar-refractivity contribution in [1.82, 2.24) is 15.1 Å². The van der Waals surface area contributed by atoms with E-state index in [1.165, 1.54) is 6.42 Å². The maximum Gasteiger partial charge on any atom is 0.317 e. The molecule has 0 aromatic rings. The number of amides is 2. The van der Waals surface area contributed by atoms with E-state index in [-0.39, 0.29) is 25.0 Å². The third-order valence-corrected chi connectivity index (χ3v) is 4.18. The van der Waals surface area contributed by atoms with Crippen molar-refractivity contribution in [2.75, 3.05) is 26.2 Å². The molecule has 2 saturated heterocycles. The van der Waals surface area contributed by atoms with E-state index in [2.05, 4.69) is 10.2 Å². The highest BCUT2D eigenvalue weighted by atomic mass is 16.4. The van der Waals surface area contributed by atoms with Crippen LogP contribution >= 0.6 is 0 Å². The Morgan fingerprint density at radius 3 is 2.84 bits per heavy atom. The van der Waals surface area contributed by atoms with Crippen LogP contribution in [0, 0.1) is 0 Å². The number of carboxylic acids is 1. The molecule has 2 fully saturated rings. The van der Waals surface area contributed by atoms with Crippen LogP contribution in [0.1, 0.15) is 32.6 Å². The molecule has 0 radical (unpaired) electrons. The van der Waals surface area contributed by atoms with Crippen molar-refractivity contribution in [2.45, 2.75) is 44.7 Å². The molecule has 19 heavy (non-hydrogen) atoms. The van der Waals surface area contributed by atoms with Crippen LogP contribution in [0.4, 0.5) is 4.79 Å². The number of nitrogens with one attached hydrogen (secondary N) is 1. The quantitative estimate of drug-likeness (QED) is 0.771. The Bertz CT molecular complexity index is 348. The van der Waals surface area contributed by atoms with E-state index in [1.807, 2.05) is 6.92 Å². The first-order valence-electron chi connectivity index (χ1n) is 7.13. The minimum atomic E-state index is -0.867. The summed E-state index contributed by atoms with van der Waals surface area (Å²) in [6, 6.07) is 0.596. The van der Waals surface area contributed by atoms with Crippen molar-refractivity contribution in [2.24, 2.45) is 0 Å². The number of rotatable bonds is 5. The number of nitrogens with zero attached hydrogens (tertiary/aromatic N) is 2. The monoisotopic (exact) mass is 269 g/mol. The Labute approximate surface area is 113 Å². The predicted octanol–water partition coefficient (Wildman–Crippen LogP) is 0.729. The number of carboxylic acid groups (broad SMARTS) is 1. The highest BCUT2D eigenvalue weighted by Crippen LogP contribution is 2.27. The first-order valence-corrected chi connectivity index (χ1v) is 7.13. The number of hydrogen-bond acceptors (Lipinski definition) is 3. The van der Waals surface area contributed by atoms with Gasteiger partial charge in [0.25, 0.3) is 0 Å². The standard InChI is InChI=1S/C13H23N3O3/c1-2-15(9-6-12(17)18)13(19)14-10-5-8-16-7-3-4-11(10)16/h10-11H,2-9H2,1H3,(H,14,19)(H,17,18). The summed E-state index contributed by atoms with van der Waals surface area (Å²) in [5, 5.41) is 11.8. The maximum absolute atomic E-state index is 12.1. The average molecular weight is 269 g/mol. The molecular weight excluding hydrogens is 246 g/mol. The van der Waals surface area contributed by atoms with Crippen LogP contribution in [0.15, 0.2) is 0 Å². The van der Waals surface area contributed by atoms with Crippen LogP contribution in [0.5, 0.6) is 0 Å². The molecule has 0 aromatic carbocycles. The first-order chi connectivity index (χ1) is 9.11. The van der Waals surface area contributed by atoms with Gasteiger partial charge in [-0.05, 0) is 32.7 Å². The second kappa shape index (κ2) is 6.23. The van der Waals surface area contributed by atoms with Gasteiger partial charge in [-0.2, -0.15) is 0 Å². The van der Waals surface area contributed by atoms with E-state index in [4.69, 9.17) is 5.11 Å². The minimum absolute atomic E-state index is 0.00147. The molecule has 0 bridgehead atoms. The summed E-state index contributed by atoms with van der Waals surface area (Å²) in [4.78, 5) is 26.7. The fourth-order valence-electron chi connectivity index (χ4n) is 3.13. The number of fused-ring (bicyclic) bond motifs is 1. The first kappa shape index (κ1) is 14.1. The van der Waals surface area contributed by atoms with Gasteiger partial charge < -0.3 is 15.3 Å². The molecule has 2 aliphatic heterocycles. The molecule has 2 aliphatic rings. The van der Waals surface area contributed by atoms with Crippen molar-refractivity contribution < 1.29 is 14.7 Å². The lowest BCUT2D eigenvalue weighted by Crippen LogP contribution is -2.49. The summed E-state index contributed by atoms with van der Waals surface area (Å²) in [7, 11) is 0. The third kappa shape index (κ3) is 3.37. The highest BCUT2D eigenvalue weighted by Gasteiger charge is 2.38. The molecule has 0 aliphatic carbocycles. The molecule has 2 atom stereocenters. The number of aliphatic carboxylic acids is 1. The van der Waals surface area contributed by atoms with Gasteiger partial charge in [0.2, 0.25) is 0 Å². The molecule has 0 spiro atoms. The fraction of sp³-hybridized carbons (Fsp3) is 0.846. The van der Waals surface area contributed by atoms with Gasteiger partial charge in [0.1, 0.15) is 0 Å². The normalized spacial score (nSPS) is 26.2. The molecule has 0 saturated carbocycles. The van der Waals surface area contributed by atoms with Gasteiger partial charge in [-0.3, -0.25) is 9.69 Å². The van der Waals surface area contributed by atoms with E-state index in [0.29, 0.717) is 12.6 Å². The van der Waals surface area contributed by atoms with Gasteiger partial charge in [0, 0.05) is 31.7 Å². The van der Waals surface area contributed by atoms with E-state index >= 15 is 0 Å². The van der Waals surface area contributed by atoms with Crippen molar-refractivity contribution in [3.05, 3.63) is 0 Å². The topological polar surface area (TPSA) is 72.9 Å². The number of urea groups is 1. The largest absolute Gasteiger partial charge is 0.481 e. The zero-order chi connectivity index (χ0) is 13.8. The molecule has 2 unspecified atom stereocenters. The van der Waals surface area contributed by atoms with Gasteiger partial charge in [-0.25, -0.2) is 4.79 Å². The van der Waals surface area contributed by atoms with Gasteiger partial charge in [-0.15, -0.1) is 0 Å². The minimum Gasteiger partial charge on any atom is -0.481 e. The highest BCUT2D eigenvalue weighted by molar-refractivity contribution is 5.75. The Hall–Kier alpha value is -1.30. The van der Waals surface area contributed by atoms with Gasteiger partial charge in [0.05, 0.1) is 6.42 Å². The predicted molar refractivity (Wildman–Crippen MR) is 71.0 cm³/mol. The molecule has 2 rings (SSSR count). The summed E-state index contributed by atoms with van der Waals surface area (Å²) >= 11 is 0. The second-order valence-corrected chi connectivity index (χ2v) is 5.31. The summed E-state index contributed by atoms with van der Waals surface area (Å²) < 4.78 is 0. The van der Waals surface area contributed by atoms with Crippen LogP contribution in [-0.4, -0.2) is 65.2 Å². The lowest BCUT2D eigenvalue weighted by molar-refractivity contribution is -0.137. The lowest BCUT2D eigenvalue weighted by Gasteiger charge is -2.26. The average Bonchev–Trinajstić information content (AvgIpc) is 2.94. The molecule has 2 heterocycles. The molecule has 2 amide bonds. The third-order valence-electron chi connectivity index (χ3n) is 4.18. The van der Waals surface area contributed by atoms with Gasteiger partial charge >= 0.3 is 12.0 Å². The smallest absolute Gasteiger partial charge is 0.317 e. The zero-order valence-electron chi connectivity index (χ0n) is 11.5. The van der Waals surface area contributed by atoms with E-state index < -0.39 is 5.97 Å². The Balaban J connectivity index is 1.83. The lowest BCUT2D eigenvalue weighted by atomic mass is 10.1. The number of carbonyl (C=O) groups is 2. The molecule has 6 heteroatoms. The van der Waals surface area contributed by atoms with Crippen LogP contribution in [0.25, 0.3) is 0 Å². The number of carbonyl (C=O) groups excluding carboxylic acids is 1. The Morgan fingerprint density at radius 1 is 1.37 bits per heavy atom. The molecule has 2 N–H and O–H groups in total. The fourth-order valence-corrected chi connectivity index (χ4v) is 3.13. The van der Waals surface area contributed by atoms with Crippen LogP contribution in [-0.2, 0) is 4.79 Å². The van der Waals surface area contributed by atoms with E-state index in [9.17, 15) is 9.59 Å². The van der Waals surface area contributed by atoms with Crippen LogP contribution < -0.4 is 5.32 Å². The van der Waals surface area contributed by atoms with Crippen molar-refractivity contribution in [1.29, 1.82) is 0 Å². The Kier molecular flexibility index (Phi) is 4.63. The van der Waals surface area contributed by atoms with Gasteiger partial charge in [0.15, 0.2) is 0 Å².